The number of hydrogen-bond donors (Lipinski definition) is 1. The molecule has 0 aliphatic heterocycles. The summed E-state index contributed by atoms with van der Waals surface area (Å²) in [5.74, 6) is 0.901. The second-order valence-corrected chi connectivity index (χ2v) is 4.96. The number of carbonyl (C=O) groups is 1. The molecule has 0 atom stereocenters. The SMILES string of the molecule is CC1CCC(c2cnc(CC(=O)O)nc2)CC1. The van der Waals surface area contributed by atoms with Crippen LogP contribution in [0.2, 0.25) is 0 Å². The molecule has 1 aromatic heterocycles. The molecule has 1 heterocycles. The van der Waals surface area contributed by atoms with E-state index in [0.29, 0.717) is 11.7 Å². The van der Waals surface area contributed by atoms with Gasteiger partial charge < -0.3 is 5.11 Å². The van der Waals surface area contributed by atoms with Crippen LogP contribution in [0, 0.1) is 5.92 Å². The van der Waals surface area contributed by atoms with Crippen molar-refractivity contribution in [2.75, 3.05) is 0 Å². The predicted octanol–water partition coefficient (Wildman–Crippen LogP) is 2.40. The van der Waals surface area contributed by atoms with Crippen molar-refractivity contribution in [2.45, 2.75) is 44.9 Å². The van der Waals surface area contributed by atoms with Gasteiger partial charge in [-0.25, -0.2) is 9.97 Å². The van der Waals surface area contributed by atoms with Crippen molar-refractivity contribution in [1.29, 1.82) is 0 Å². The number of aliphatic carboxylic acids is 1. The Morgan fingerprint density at radius 3 is 2.41 bits per heavy atom. The first-order valence-electron chi connectivity index (χ1n) is 6.17. The standard InChI is InChI=1S/C13H18N2O2/c1-9-2-4-10(5-3-9)11-7-14-12(15-8-11)6-13(16)17/h7-10H,2-6H2,1H3,(H,16,17). The maximum atomic E-state index is 10.5. The van der Waals surface area contributed by atoms with Crippen molar-refractivity contribution in [3.63, 3.8) is 0 Å². The van der Waals surface area contributed by atoms with Gasteiger partial charge in [0.25, 0.3) is 0 Å². The van der Waals surface area contributed by atoms with E-state index in [2.05, 4.69) is 16.9 Å². The smallest absolute Gasteiger partial charge is 0.311 e. The summed E-state index contributed by atoms with van der Waals surface area (Å²) in [6, 6.07) is 0. The number of carboxylic acids is 1. The molecule has 0 unspecified atom stereocenters. The molecule has 4 heteroatoms. The van der Waals surface area contributed by atoms with E-state index < -0.39 is 5.97 Å². The van der Waals surface area contributed by atoms with E-state index >= 15 is 0 Å². The van der Waals surface area contributed by atoms with Gasteiger partial charge in [0.15, 0.2) is 0 Å². The zero-order valence-electron chi connectivity index (χ0n) is 10.1. The Balaban J connectivity index is 2.00. The average Bonchev–Trinajstić information content (AvgIpc) is 2.30. The molecule has 0 spiro atoms. The summed E-state index contributed by atoms with van der Waals surface area (Å²) in [6.07, 6.45) is 8.43. The van der Waals surface area contributed by atoms with Crippen LogP contribution < -0.4 is 0 Å². The Kier molecular flexibility index (Phi) is 3.71. The summed E-state index contributed by atoms with van der Waals surface area (Å²) in [5.41, 5.74) is 1.16. The Bertz CT molecular complexity index is 381. The van der Waals surface area contributed by atoms with Crippen LogP contribution in [0.4, 0.5) is 0 Å². The molecule has 1 fully saturated rings. The number of hydrogen-bond acceptors (Lipinski definition) is 3. The number of nitrogens with zero attached hydrogens (tertiary/aromatic N) is 2. The van der Waals surface area contributed by atoms with Gasteiger partial charge in [0.1, 0.15) is 12.2 Å². The Labute approximate surface area is 101 Å². The maximum Gasteiger partial charge on any atom is 0.311 e. The van der Waals surface area contributed by atoms with Crippen LogP contribution >= 0.6 is 0 Å². The minimum atomic E-state index is -0.885. The lowest BCUT2D eigenvalue weighted by molar-refractivity contribution is -0.136. The highest BCUT2D eigenvalue weighted by Crippen LogP contribution is 2.34. The highest BCUT2D eigenvalue weighted by atomic mass is 16.4. The zero-order valence-corrected chi connectivity index (χ0v) is 10.1. The molecule has 17 heavy (non-hydrogen) atoms. The first-order valence-corrected chi connectivity index (χ1v) is 6.17. The highest BCUT2D eigenvalue weighted by molar-refractivity contribution is 5.68. The van der Waals surface area contributed by atoms with Gasteiger partial charge in [-0.3, -0.25) is 4.79 Å². The third kappa shape index (κ3) is 3.25. The van der Waals surface area contributed by atoms with Crippen molar-refractivity contribution in [1.82, 2.24) is 9.97 Å². The molecule has 1 saturated carbocycles. The quantitative estimate of drug-likeness (QED) is 0.872. The van der Waals surface area contributed by atoms with Gasteiger partial charge in [-0.15, -0.1) is 0 Å². The molecule has 1 aromatic rings. The van der Waals surface area contributed by atoms with Gasteiger partial charge in [-0.1, -0.05) is 19.8 Å². The van der Waals surface area contributed by atoms with E-state index in [1.165, 1.54) is 25.7 Å². The van der Waals surface area contributed by atoms with Crippen LogP contribution in [0.1, 0.15) is 49.9 Å². The molecule has 92 valence electrons. The van der Waals surface area contributed by atoms with Gasteiger partial charge in [-0.2, -0.15) is 0 Å². The molecule has 0 bridgehead atoms. The van der Waals surface area contributed by atoms with Crippen molar-refractivity contribution >= 4 is 5.97 Å². The molecule has 1 N–H and O–H groups in total. The maximum absolute atomic E-state index is 10.5. The minimum absolute atomic E-state index is 0.0953. The van der Waals surface area contributed by atoms with Crippen molar-refractivity contribution in [3.8, 4) is 0 Å². The Morgan fingerprint density at radius 1 is 1.29 bits per heavy atom. The summed E-state index contributed by atoms with van der Waals surface area (Å²) < 4.78 is 0. The fourth-order valence-electron chi connectivity index (χ4n) is 2.40. The Hall–Kier alpha value is -1.45. The van der Waals surface area contributed by atoms with Crippen molar-refractivity contribution < 1.29 is 9.90 Å². The second kappa shape index (κ2) is 5.25. The largest absolute Gasteiger partial charge is 0.481 e. The molecular formula is C13H18N2O2. The summed E-state index contributed by atoms with van der Waals surface area (Å²) >= 11 is 0. The fraction of sp³-hybridized carbons (Fsp3) is 0.615. The van der Waals surface area contributed by atoms with Crippen molar-refractivity contribution in [2.24, 2.45) is 5.92 Å². The van der Waals surface area contributed by atoms with Gasteiger partial charge in [-0.05, 0) is 30.2 Å². The molecule has 0 aromatic carbocycles. The lowest BCUT2D eigenvalue weighted by Gasteiger charge is -2.25. The van der Waals surface area contributed by atoms with Gasteiger partial charge in [0.05, 0.1) is 0 Å². The van der Waals surface area contributed by atoms with E-state index in [1.807, 2.05) is 0 Å². The van der Waals surface area contributed by atoms with Gasteiger partial charge in [0.2, 0.25) is 0 Å². The van der Waals surface area contributed by atoms with Crippen molar-refractivity contribution in [3.05, 3.63) is 23.8 Å². The van der Waals surface area contributed by atoms with E-state index in [9.17, 15) is 4.79 Å². The molecule has 2 rings (SSSR count). The third-order valence-corrected chi connectivity index (χ3v) is 3.52. The lowest BCUT2D eigenvalue weighted by Crippen LogP contribution is -2.12. The van der Waals surface area contributed by atoms with Gasteiger partial charge in [0, 0.05) is 12.4 Å². The number of aromatic nitrogens is 2. The van der Waals surface area contributed by atoms with E-state index in [4.69, 9.17) is 5.11 Å². The molecule has 0 saturated heterocycles. The first kappa shape index (κ1) is 12.0. The minimum Gasteiger partial charge on any atom is -0.481 e. The van der Waals surface area contributed by atoms with E-state index in [-0.39, 0.29) is 6.42 Å². The first-order chi connectivity index (χ1) is 8.15. The molecule has 4 nitrogen and oxygen atoms in total. The molecule has 0 amide bonds. The van der Waals surface area contributed by atoms with E-state index in [0.717, 1.165) is 11.5 Å². The van der Waals surface area contributed by atoms with Gasteiger partial charge >= 0.3 is 5.97 Å². The summed E-state index contributed by atoms with van der Waals surface area (Å²) in [4.78, 5) is 18.8. The molecular weight excluding hydrogens is 216 g/mol. The van der Waals surface area contributed by atoms with Crippen LogP contribution in [0.15, 0.2) is 12.4 Å². The summed E-state index contributed by atoms with van der Waals surface area (Å²) in [6.45, 7) is 2.29. The molecule has 0 radical (unpaired) electrons. The second-order valence-electron chi connectivity index (χ2n) is 4.96. The van der Waals surface area contributed by atoms with Crippen LogP contribution in [0.5, 0.6) is 0 Å². The van der Waals surface area contributed by atoms with Crippen LogP contribution in [-0.4, -0.2) is 21.0 Å². The van der Waals surface area contributed by atoms with Crippen LogP contribution in [0.25, 0.3) is 0 Å². The topological polar surface area (TPSA) is 63.1 Å². The third-order valence-electron chi connectivity index (χ3n) is 3.52. The fourth-order valence-corrected chi connectivity index (χ4v) is 2.40. The van der Waals surface area contributed by atoms with Crippen LogP contribution in [0.3, 0.4) is 0 Å². The monoisotopic (exact) mass is 234 g/mol. The average molecular weight is 234 g/mol. The van der Waals surface area contributed by atoms with E-state index in [1.54, 1.807) is 12.4 Å². The highest BCUT2D eigenvalue weighted by Gasteiger charge is 2.20. The normalized spacial score (nSPS) is 24.5. The predicted molar refractivity (Wildman–Crippen MR) is 63.7 cm³/mol. The molecule has 1 aliphatic carbocycles. The lowest BCUT2D eigenvalue weighted by atomic mass is 9.80. The Morgan fingerprint density at radius 2 is 1.88 bits per heavy atom. The molecule has 1 aliphatic rings. The summed E-state index contributed by atoms with van der Waals surface area (Å²) in [7, 11) is 0. The number of carboxylic acid groups (broad SMARTS) is 1. The zero-order chi connectivity index (χ0) is 12.3. The van der Waals surface area contributed by atoms with Crippen LogP contribution in [-0.2, 0) is 11.2 Å². The summed E-state index contributed by atoms with van der Waals surface area (Å²) in [5, 5.41) is 8.63. The number of rotatable bonds is 3.